The molecule has 8 heteroatoms. The van der Waals surface area contributed by atoms with Crippen molar-refractivity contribution < 1.29 is 9.32 Å². The molecule has 1 fully saturated rings. The van der Waals surface area contributed by atoms with Gasteiger partial charge in [-0.05, 0) is 45.2 Å². The van der Waals surface area contributed by atoms with Gasteiger partial charge >= 0.3 is 0 Å². The minimum absolute atomic E-state index is 0.0390. The van der Waals surface area contributed by atoms with Gasteiger partial charge in [0.2, 0.25) is 0 Å². The Morgan fingerprint density at radius 3 is 2.73 bits per heavy atom. The molecule has 26 heavy (non-hydrogen) atoms. The maximum absolute atomic E-state index is 12.8. The fourth-order valence-electron chi connectivity index (χ4n) is 3.20. The van der Waals surface area contributed by atoms with Crippen LogP contribution >= 0.6 is 0 Å². The molecule has 0 aromatic carbocycles. The van der Waals surface area contributed by atoms with E-state index in [0.29, 0.717) is 23.1 Å². The number of rotatable bonds is 3. The van der Waals surface area contributed by atoms with E-state index in [1.807, 2.05) is 17.9 Å². The summed E-state index contributed by atoms with van der Waals surface area (Å²) in [7, 11) is 0. The van der Waals surface area contributed by atoms with Crippen molar-refractivity contribution in [2.75, 3.05) is 13.1 Å². The molecule has 8 nitrogen and oxygen atoms in total. The Bertz CT molecular complexity index is 939. The van der Waals surface area contributed by atoms with Crippen LogP contribution in [0.4, 0.5) is 0 Å². The molecule has 0 spiro atoms. The van der Waals surface area contributed by atoms with Gasteiger partial charge in [-0.3, -0.25) is 4.79 Å². The highest BCUT2D eigenvalue weighted by atomic mass is 16.5. The van der Waals surface area contributed by atoms with E-state index >= 15 is 0 Å². The zero-order valence-electron chi connectivity index (χ0n) is 14.8. The van der Waals surface area contributed by atoms with Crippen molar-refractivity contribution in [2.45, 2.75) is 33.1 Å². The number of amides is 1. The maximum Gasteiger partial charge on any atom is 0.258 e. The van der Waals surface area contributed by atoms with Gasteiger partial charge in [0, 0.05) is 24.8 Å². The molecule has 0 saturated carbocycles. The van der Waals surface area contributed by atoms with Gasteiger partial charge < -0.3 is 9.42 Å². The summed E-state index contributed by atoms with van der Waals surface area (Å²) >= 11 is 0. The van der Waals surface area contributed by atoms with Crippen molar-refractivity contribution in [3.8, 4) is 17.3 Å². The average Bonchev–Trinajstić information content (AvgIpc) is 3.28. The second-order valence-corrected chi connectivity index (χ2v) is 6.46. The predicted molar refractivity (Wildman–Crippen MR) is 93.9 cm³/mol. The van der Waals surface area contributed by atoms with Crippen LogP contribution in [-0.4, -0.2) is 48.8 Å². The summed E-state index contributed by atoms with van der Waals surface area (Å²) in [6.45, 7) is 5.28. The highest BCUT2D eigenvalue weighted by molar-refractivity contribution is 5.95. The lowest BCUT2D eigenvalue weighted by molar-refractivity contribution is 0.0723. The number of carbonyl (C=O) groups is 1. The summed E-state index contributed by atoms with van der Waals surface area (Å²) in [5, 5.41) is 8.19. The number of piperidine rings is 1. The molecule has 1 saturated heterocycles. The van der Waals surface area contributed by atoms with Gasteiger partial charge in [-0.2, -0.15) is 10.1 Å². The lowest BCUT2D eigenvalue weighted by Crippen LogP contribution is -2.35. The lowest BCUT2D eigenvalue weighted by Gasteiger charge is -2.26. The van der Waals surface area contributed by atoms with Crippen LogP contribution in [0.2, 0.25) is 0 Å². The third-order valence-electron chi connectivity index (χ3n) is 4.62. The molecule has 0 bridgehead atoms. The van der Waals surface area contributed by atoms with Gasteiger partial charge in [-0.15, -0.1) is 0 Å². The van der Waals surface area contributed by atoms with Gasteiger partial charge in [0.1, 0.15) is 0 Å². The van der Waals surface area contributed by atoms with E-state index in [2.05, 4.69) is 20.2 Å². The van der Waals surface area contributed by atoms with Crippen molar-refractivity contribution in [3.63, 3.8) is 0 Å². The minimum Gasteiger partial charge on any atom is -0.339 e. The summed E-state index contributed by atoms with van der Waals surface area (Å²) in [6, 6.07) is 3.62. The first-order chi connectivity index (χ1) is 12.6. The maximum atomic E-state index is 12.8. The lowest BCUT2D eigenvalue weighted by atomic mass is 10.1. The second kappa shape index (κ2) is 6.70. The summed E-state index contributed by atoms with van der Waals surface area (Å²) in [5.74, 6) is 1.65. The molecule has 0 radical (unpaired) electrons. The zero-order valence-corrected chi connectivity index (χ0v) is 14.8. The van der Waals surface area contributed by atoms with Crippen LogP contribution in [0.3, 0.4) is 0 Å². The van der Waals surface area contributed by atoms with E-state index in [4.69, 9.17) is 4.52 Å². The van der Waals surface area contributed by atoms with Crippen molar-refractivity contribution in [1.82, 2.24) is 29.8 Å². The molecule has 0 N–H and O–H groups in total. The molecule has 1 aliphatic rings. The van der Waals surface area contributed by atoms with E-state index in [1.54, 1.807) is 30.1 Å². The smallest absolute Gasteiger partial charge is 0.258 e. The molecule has 1 amide bonds. The minimum atomic E-state index is 0.0390. The number of pyridine rings is 1. The predicted octanol–water partition coefficient (Wildman–Crippen LogP) is 2.56. The van der Waals surface area contributed by atoms with Crippen LogP contribution in [0.1, 0.15) is 41.1 Å². The molecular weight excluding hydrogens is 332 g/mol. The molecular formula is C18H20N6O2. The molecule has 4 rings (SSSR count). The van der Waals surface area contributed by atoms with E-state index in [1.165, 1.54) is 6.42 Å². The van der Waals surface area contributed by atoms with E-state index in [9.17, 15) is 4.79 Å². The second-order valence-electron chi connectivity index (χ2n) is 6.46. The molecule has 0 aliphatic carbocycles. The molecule has 134 valence electrons. The number of hydrogen-bond acceptors (Lipinski definition) is 6. The topological polar surface area (TPSA) is 89.9 Å². The van der Waals surface area contributed by atoms with Crippen LogP contribution in [0.25, 0.3) is 17.3 Å². The Morgan fingerprint density at radius 2 is 2.00 bits per heavy atom. The normalized spacial score (nSPS) is 14.6. The monoisotopic (exact) mass is 352 g/mol. The average molecular weight is 352 g/mol. The molecule has 0 unspecified atom stereocenters. The molecule has 3 aromatic heterocycles. The Balaban J connectivity index is 1.65. The van der Waals surface area contributed by atoms with Crippen LogP contribution in [0, 0.1) is 13.8 Å². The van der Waals surface area contributed by atoms with Crippen LogP contribution in [0.5, 0.6) is 0 Å². The quantitative estimate of drug-likeness (QED) is 0.719. The summed E-state index contributed by atoms with van der Waals surface area (Å²) in [5.41, 5.74) is 2.15. The number of likely N-dealkylation sites (tertiary alicyclic amines) is 1. The Labute approximate surface area is 150 Å². The number of aromatic nitrogens is 5. The molecule has 4 heterocycles. The van der Waals surface area contributed by atoms with Crippen LogP contribution in [-0.2, 0) is 0 Å². The Hall–Kier alpha value is -3.03. The van der Waals surface area contributed by atoms with Gasteiger partial charge in [0.15, 0.2) is 11.6 Å². The van der Waals surface area contributed by atoms with E-state index in [-0.39, 0.29) is 5.91 Å². The van der Waals surface area contributed by atoms with Gasteiger partial charge in [-0.1, -0.05) is 5.16 Å². The highest BCUT2D eigenvalue weighted by Crippen LogP contribution is 2.21. The number of aryl methyl sites for hydroxylation is 1. The summed E-state index contributed by atoms with van der Waals surface area (Å²) in [6.07, 6.45) is 6.60. The molecule has 3 aromatic rings. The zero-order chi connectivity index (χ0) is 18.1. The van der Waals surface area contributed by atoms with Crippen molar-refractivity contribution in [3.05, 3.63) is 41.6 Å². The van der Waals surface area contributed by atoms with Crippen LogP contribution < -0.4 is 0 Å². The molecule has 1 aliphatic heterocycles. The van der Waals surface area contributed by atoms with Crippen LogP contribution in [0.15, 0.2) is 29.0 Å². The summed E-state index contributed by atoms with van der Waals surface area (Å²) in [4.78, 5) is 23.3. The fourth-order valence-corrected chi connectivity index (χ4v) is 3.20. The fraction of sp³-hybridized carbons (Fsp3) is 0.389. The Morgan fingerprint density at radius 1 is 1.19 bits per heavy atom. The Kier molecular flexibility index (Phi) is 4.24. The number of carbonyl (C=O) groups excluding carboxylic acids is 1. The number of hydrogen-bond donors (Lipinski definition) is 0. The largest absolute Gasteiger partial charge is 0.339 e. The van der Waals surface area contributed by atoms with E-state index < -0.39 is 0 Å². The third kappa shape index (κ3) is 2.98. The first kappa shape index (κ1) is 16.4. The van der Waals surface area contributed by atoms with E-state index in [0.717, 1.165) is 37.2 Å². The highest BCUT2D eigenvalue weighted by Gasteiger charge is 2.23. The van der Waals surface area contributed by atoms with Gasteiger partial charge in [0.05, 0.1) is 17.5 Å². The van der Waals surface area contributed by atoms with Gasteiger partial charge in [-0.25, -0.2) is 9.67 Å². The first-order valence-electron chi connectivity index (χ1n) is 8.74. The first-order valence-corrected chi connectivity index (χ1v) is 8.74. The number of nitrogens with zero attached hydrogens (tertiary/aromatic N) is 6. The van der Waals surface area contributed by atoms with Crippen molar-refractivity contribution in [1.29, 1.82) is 0 Å². The summed E-state index contributed by atoms with van der Waals surface area (Å²) < 4.78 is 6.89. The standard InChI is InChI=1S/C18H20N6O2/c1-12-15(18(25)23-8-4-3-5-9-23)11-20-24(12)16-10-14(6-7-19-16)17-21-13(2)22-26-17/h6-7,10-11H,3-5,8-9H2,1-2H3. The SMILES string of the molecule is Cc1noc(-c2ccnc(-n3ncc(C(=O)N4CCCCC4)c3C)c2)n1. The van der Waals surface area contributed by atoms with Gasteiger partial charge in [0.25, 0.3) is 11.8 Å². The third-order valence-corrected chi connectivity index (χ3v) is 4.62. The molecule has 0 atom stereocenters. The van der Waals surface area contributed by atoms with Crippen molar-refractivity contribution in [2.24, 2.45) is 0 Å². The van der Waals surface area contributed by atoms with Crippen molar-refractivity contribution >= 4 is 5.91 Å².